The molecule has 0 aromatic heterocycles. The molecule has 4 heteroatoms. The average Bonchev–Trinajstić information content (AvgIpc) is 3.09. The van der Waals surface area contributed by atoms with Crippen LogP contribution in [0.15, 0.2) is 12.2 Å². The van der Waals surface area contributed by atoms with E-state index in [4.69, 9.17) is 14.2 Å². The topological polar surface area (TPSA) is 44.8 Å². The molecule has 2 heterocycles. The van der Waals surface area contributed by atoms with Gasteiger partial charge in [-0.25, -0.2) is 0 Å². The maximum absolute atomic E-state index is 11.6. The van der Waals surface area contributed by atoms with Crippen molar-refractivity contribution in [3.05, 3.63) is 12.2 Å². The van der Waals surface area contributed by atoms with Crippen molar-refractivity contribution < 1.29 is 19.0 Å². The highest BCUT2D eigenvalue weighted by Crippen LogP contribution is 2.45. The van der Waals surface area contributed by atoms with Crippen LogP contribution in [0.3, 0.4) is 0 Å². The predicted octanol–water partition coefficient (Wildman–Crippen LogP) is 4.24. The van der Waals surface area contributed by atoms with Crippen LogP contribution in [-0.4, -0.2) is 30.6 Å². The van der Waals surface area contributed by atoms with Crippen LogP contribution in [0.4, 0.5) is 0 Å². The standard InChI is InChI=1S/C22H32O4/c1-4-5-7-11-22(3,26-21-9-6-8-13-24-21)12-10-17-16(2)14-19-18(17)15-20(23)25-19/h10,12,16-19,21H,6-9,11,13-15H2,1-3H3/t16-,17+,18-,19+,21?,22?/m1/s1. The van der Waals surface area contributed by atoms with Gasteiger partial charge in [0.1, 0.15) is 6.10 Å². The van der Waals surface area contributed by atoms with Gasteiger partial charge in [0, 0.05) is 18.9 Å². The molecule has 26 heavy (non-hydrogen) atoms. The fraction of sp³-hybridized carbons (Fsp3) is 0.773. The van der Waals surface area contributed by atoms with Crippen LogP contribution in [0.5, 0.6) is 0 Å². The Balaban J connectivity index is 1.69. The molecule has 2 saturated heterocycles. The summed E-state index contributed by atoms with van der Waals surface area (Å²) in [4.78, 5) is 11.6. The number of carbonyl (C=O) groups is 1. The molecule has 2 unspecified atom stereocenters. The molecule has 0 aromatic rings. The van der Waals surface area contributed by atoms with Crippen LogP contribution in [0.2, 0.25) is 0 Å². The molecule has 0 aromatic carbocycles. The second kappa shape index (κ2) is 8.59. The summed E-state index contributed by atoms with van der Waals surface area (Å²) in [5.74, 6) is 7.30. The monoisotopic (exact) mass is 360 g/mol. The summed E-state index contributed by atoms with van der Waals surface area (Å²) in [5, 5.41) is 0. The summed E-state index contributed by atoms with van der Waals surface area (Å²) < 4.78 is 17.7. The highest BCUT2D eigenvalue weighted by Gasteiger charge is 2.47. The first kappa shape index (κ1) is 19.5. The molecule has 3 fully saturated rings. The summed E-state index contributed by atoms with van der Waals surface area (Å²) >= 11 is 0. The van der Waals surface area contributed by atoms with Gasteiger partial charge in [0.2, 0.25) is 0 Å². The minimum Gasteiger partial charge on any atom is -0.462 e. The van der Waals surface area contributed by atoms with E-state index in [1.165, 1.54) is 0 Å². The minimum atomic E-state index is -0.396. The third-order valence-electron chi connectivity index (χ3n) is 6.05. The van der Waals surface area contributed by atoms with Gasteiger partial charge in [-0.1, -0.05) is 19.1 Å². The van der Waals surface area contributed by atoms with E-state index in [9.17, 15) is 4.79 Å². The number of esters is 1. The van der Waals surface area contributed by atoms with Crippen molar-refractivity contribution in [1.29, 1.82) is 0 Å². The number of fused-ring (bicyclic) bond motifs is 1. The first-order valence-electron chi connectivity index (χ1n) is 10.1. The Bertz CT molecular complexity index is 581. The summed E-state index contributed by atoms with van der Waals surface area (Å²) in [6.07, 6.45) is 10.8. The lowest BCUT2D eigenvalue weighted by molar-refractivity contribution is -0.207. The number of hydrogen-bond donors (Lipinski definition) is 0. The Morgan fingerprint density at radius 2 is 2.23 bits per heavy atom. The van der Waals surface area contributed by atoms with Crippen LogP contribution in [-0.2, 0) is 19.0 Å². The maximum atomic E-state index is 11.6. The Morgan fingerprint density at radius 3 is 2.96 bits per heavy atom. The van der Waals surface area contributed by atoms with Gasteiger partial charge >= 0.3 is 5.97 Å². The van der Waals surface area contributed by atoms with Gasteiger partial charge in [-0.15, -0.1) is 11.8 Å². The van der Waals surface area contributed by atoms with Crippen molar-refractivity contribution in [2.45, 2.75) is 83.7 Å². The summed E-state index contributed by atoms with van der Waals surface area (Å²) in [6.45, 7) is 7.04. The lowest BCUT2D eigenvalue weighted by Gasteiger charge is -2.33. The third-order valence-corrected chi connectivity index (χ3v) is 6.05. The molecular formula is C22H32O4. The molecule has 0 radical (unpaired) electrons. The number of rotatable bonds is 6. The number of ether oxygens (including phenoxy) is 3. The molecule has 4 nitrogen and oxygen atoms in total. The van der Waals surface area contributed by atoms with Crippen molar-refractivity contribution in [3.63, 3.8) is 0 Å². The lowest BCUT2D eigenvalue weighted by Crippen LogP contribution is -2.35. The molecule has 1 aliphatic carbocycles. The highest BCUT2D eigenvalue weighted by atomic mass is 16.7. The molecule has 144 valence electrons. The molecule has 6 atom stereocenters. The van der Waals surface area contributed by atoms with Crippen molar-refractivity contribution in [3.8, 4) is 11.8 Å². The molecular weight excluding hydrogens is 328 g/mol. The van der Waals surface area contributed by atoms with Gasteiger partial charge in [-0.2, -0.15) is 0 Å². The number of carbonyl (C=O) groups excluding carboxylic acids is 1. The SMILES string of the molecule is CC#CCCC(C)(C=C[C@@H]1[C@H]2CC(=O)O[C@H]2C[C@H]1C)OC1CCCCO1. The first-order chi connectivity index (χ1) is 12.5. The maximum Gasteiger partial charge on any atom is 0.306 e. The van der Waals surface area contributed by atoms with Gasteiger partial charge < -0.3 is 14.2 Å². The highest BCUT2D eigenvalue weighted by molar-refractivity contribution is 5.72. The molecule has 2 aliphatic heterocycles. The molecule has 0 amide bonds. The molecule has 3 rings (SSSR count). The Morgan fingerprint density at radius 1 is 1.38 bits per heavy atom. The number of allylic oxidation sites excluding steroid dienone is 1. The normalized spacial score (nSPS) is 36.3. The second-order valence-corrected chi connectivity index (χ2v) is 8.20. The van der Waals surface area contributed by atoms with E-state index in [1.54, 1.807) is 0 Å². The fourth-order valence-electron chi connectivity index (χ4n) is 4.55. The third kappa shape index (κ3) is 4.69. The van der Waals surface area contributed by atoms with E-state index in [-0.39, 0.29) is 18.4 Å². The van der Waals surface area contributed by atoms with Gasteiger partial charge in [0.15, 0.2) is 6.29 Å². The van der Waals surface area contributed by atoms with E-state index in [2.05, 4.69) is 37.8 Å². The Labute approximate surface area is 157 Å². The van der Waals surface area contributed by atoms with Crippen LogP contribution in [0, 0.1) is 29.6 Å². The van der Waals surface area contributed by atoms with Crippen LogP contribution < -0.4 is 0 Å². The quantitative estimate of drug-likeness (QED) is 0.404. The van der Waals surface area contributed by atoms with E-state index in [1.807, 2.05) is 6.92 Å². The van der Waals surface area contributed by atoms with E-state index in [0.717, 1.165) is 45.1 Å². The minimum absolute atomic E-state index is 0.0434. The lowest BCUT2D eigenvalue weighted by atomic mass is 9.86. The fourth-order valence-corrected chi connectivity index (χ4v) is 4.55. The van der Waals surface area contributed by atoms with Gasteiger partial charge in [-0.05, 0) is 57.8 Å². The average molecular weight is 360 g/mol. The predicted molar refractivity (Wildman–Crippen MR) is 100 cm³/mol. The van der Waals surface area contributed by atoms with Gasteiger partial charge in [0.05, 0.1) is 12.0 Å². The van der Waals surface area contributed by atoms with Gasteiger partial charge in [0.25, 0.3) is 0 Å². The van der Waals surface area contributed by atoms with E-state index in [0.29, 0.717) is 24.2 Å². The Hall–Kier alpha value is -1.31. The Kier molecular flexibility index (Phi) is 6.42. The summed E-state index contributed by atoms with van der Waals surface area (Å²) in [7, 11) is 0. The molecule has 0 bridgehead atoms. The zero-order chi connectivity index (χ0) is 18.6. The van der Waals surface area contributed by atoms with Gasteiger partial charge in [-0.3, -0.25) is 4.79 Å². The zero-order valence-corrected chi connectivity index (χ0v) is 16.3. The largest absolute Gasteiger partial charge is 0.462 e. The van der Waals surface area contributed by atoms with Crippen molar-refractivity contribution in [2.75, 3.05) is 6.61 Å². The molecule has 0 spiro atoms. The van der Waals surface area contributed by atoms with Crippen LogP contribution in [0.1, 0.15) is 65.7 Å². The van der Waals surface area contributed by atoms with Crippen molar-refractivity contribution in [2.24, 2.45) is 17.8 Å². The van der Waals surface area contributed by atoms with Crippen LogP contribution in [0.25, 0.3) is 0 Å². The van der Waals surface area contributed by atoms with E-state index >= 15 is 0 Å². The second-order valence-electron chi connectivity index (χ2n) is 8.20. The first-order valence-corrected chi connectivity index (χ1v) is 10.1. The zero-order valence-electron chi connectivity index (χ0n) is 16.3. The molecule has 0 N–H and O–H groups in total. The molecule has 1 saturated carbocycles. The molecule has 3 aliphatic rings. The smallest absolute Gasteiger partial charge is 0.306 e. The number of hydrogen-bond acceptors (Lipinski definition) is 4. The van der Waals surface area contributed by atoms with Crippen molar-refractivity contribution in [1.82, 2.24) is 0 Å². The summed E-state index contributed by atoms with van der Waals surface area (Å²) in [5.41, 5.74) is -0.396. The van der Waals surface area contributed by atoms with E-state index < -0.39 is 5.60 Å². The van der Waals surface area contributed by atoms with Crippen LogP contribution >= 0.6 is 0 Å². The summed E-state index contributed by atoms with van der Waals surface area (Å²) in [6, 6.07) is 0. The van der Waals surface area contributed by atoms with Crippen molar-refractivity contribution >= 4 is 5.97 Å².